The second-order valence-corrected chi connectivity index (χ2v) is 37.7. The highest BCUT2D eigenvalue weighted by molar-refractivity contribution is 6.01. The van der Waals surface area contributed by atoms with Gasteiger partial charge in [-0.3, -0.25) is 15.0 Å². The predicted molar refractivity (Wildman–Crippen MR) is 539 cm³/mol. The van der Waals surface area contributed by atoms with Gasteiger partial charge >= 0.3 is 0 Å². The number of hydrogen-bond donors (Lipinski definition) is 0. The molecule has 0 saturated heterocycles. The molecule has 9 aliphatic carbocycles. The van der Waals surface area contributed by atoms with Gasteiger partial charge in [-0.25, -0.2) is 0 Å². The summed E-state index contributed by atoms with van der Waals surface area (Å²) in [5.74, 6) is 0. The summed E-state index contributed by atoms with van der Waals surface area (Å²) >= 11 is 0. The van der Waals surface area contributed by atoms with Crippen LogP contribution < -0.4 is 0 Å². The van der Waals surface area contributed by atoms with Crippen molar-refractivity contribution in [2.75, 3.05) is 0 Å². The molecule has 3 nitrogen and oxygen atoms in total. The van der Waals surface area contributed by atoms with Gasteiger partial charge in [-0.15, -0.1) is 0 Å². The number of nitrogens with zero attached hydrogens (tertiary/aromatic N) is 3. The molecule has 3 heterocycles. The van der Waals surface area contributed by atoms with E-state index >= 15 is 0 Å². The van der Waals surface area contributed by atoms with Crippen molar-refractivity contribution in [2.24, 2.45) is 15.0 Å². The van der Waals surface area contributed by atoms with E-state index in [9.17, 15) is 0 Å². The van der Waals surface area contributed by atoms with Crippen LogP contribution in [0, 0.1) is 0 Å². The number of fused-ring (bicyclic) bond motifs is 48. The molecule has 0 fully saturated rings. The first kappa shape index (κ1) is 75.2. The lowest BCUT2D eigenvalue weighted by molar-refractivity contribution is 0.632. The summed E-state index contributed by atoms with van der Waals surface area (Å²) in [4.78, 5) is 14.0. The number of hydrogen-bond acceptors (Lipinski definition) is 3. The largest absolute Gasteiger partial charge is 0.265 e. The summed E-state index contributed by atoms with van der Waals surface area (Å²) in [6.07, 6.45) is 17.8. The topological polar surface area (TPSA) is 37.1 Å². The molecule has 3 heteroatoms. The van der Waals surface area contributed by atoms with Gasteiger partial charge in [-0.2, -0.15) is 0 Å². The zero-order chi connectivity index (χ0) is 86.6. The van der Waals surface area contributed by atoms with Gasteiger partial charge < -0.3 is 0 Å². The molecule has 0 unspecified atom stereocenters. The zero-order valence-electron chi connectivity index (χ0n) is 72.9. The summed E-state index contributed by atoms with van der Waals surface area (Å²) in [7, 11) is 0. The van der Waals surface area contributed by atoms with Crippen LogP contribution in [0.3, 0.4) is 0 Å². The van der Waals surface area contributed by atoms with Gasteiger partial charge in [0.1, 0.15) is 0 Å². The molecule has 3 aliphatic heterocycles. The van der Waals surface area contributed by atoms with E-state index in [1.807, 2.05) is 18.6 Å². The molecule has 0 atom stereocenters. The quantitative estimate of drug-likeness (QED) is 0.159. The fourth-order valence-electron chi connectivity index (χ4n) is 27.6. The standard InChI is InChI=1S/3C43H29N/c1-4-18-33-30(15-1)31-16-2-5-19-34(31)42(33)36-21-7-9-23-38(36)43(39-24-10-8-22-37(39)42)35-20-6-3-17-32(35)41-28(13-11-25-40(41)43)27-29-14-12-26-44-29;1-4-16-34-30(13-1)31-14-2-5-17-35(31)42(34)38-19-7-9-21-40(38)43(41-22-10-8-20-39(41)42)36-18-6-3-15-32(36)33-27-28(23-24-37(33)43)26-29-12-11-25-44-29;1-4-16-34-30(13-1)31-14-2-5-17-35(31)42(34)37-19-7-9-21-39(37)43(40-22-10-8-20-38(40)42)36-18-6-3-15-32(36)33-24-23-28(27-41(33)43)26-29-12-11-25-44-29/h1-13,15-26H,14,27H2;2*1-11,13-25,27H,12,26H2. The average Bonchev–Trinajstić information content (AvgIpc) is 1.52. The molecule has 30 rings (SSSR count). The minimum Gasteiger partial charge on any atom is -0.265 e. The molecule has 0 saturated carbocycles. The van der Waals surface area contributed by atoms with Crippen molar-refractivity contribution in [3.8, 4) is 66.8 Å². The molecule has 0 aromatic heterocycles. The summed E-state index contributed by atoms with van der Waals surface area (Å²) in [5.41, 5.74) is 54.5. The first-order valence-electron chi connectivity index (χ1n) is 47.0. The van der Waals surface area contributed by atoms with Gasteiger partial charge in [0.25, 0.3) is 0 Å². The van der Waals surface area contributed by atoms with E-state index in [1.165, 1.54) is 234 Å². The van der Waals surface area contributed by atoms with E-state index in [0.717, 1.165) is 38.5 Å². The monoisotopic (exact) mass is 1680 g/mol. The lowest BCUT2D eigenvalue weighted by Gasteiger charge is -2.48. The summed E-state index contributed by atoms with van der Waals surface area (Å²) < 4.78 is 0. The maximum Gasteiger partial charge on any atom is 0.0720 e. The van der Waals surface area contributed by atoms with Crippen LogP contribution in [-0.2, 0) is 51.8 Å². The number of rotatable bonds is 6. The lowest BCUT2D eigenvalue weighted by Crippen LogP contribution is -2.43. The van der Waals surface area contributed by atoms with E-state index in [1.54, 1.807) is 0 Å². The SMILES string of the molecule is C1=CN=C(Cc2ccc3c(c2)-c2ccccc2C32c3ccccc3C3(c4ccccc4-c4ccccc43)c3ccccc32)C1.C1=CN=C(Cc2ccc3c(c2)C2(c4ccccc4-3)c3ccccc3C3(c4ccccc4-c4ccccc43)c3ccccc32)C1.C1=CN=C(Cc2cccc3c2-c2ccccc2C32c3ccccc3C3(c4ccccc4-c4ccccc43)c3ccccc32)C1. The minimum absolute atomic E-state index is 0.392. The lowest BCUT2D eigenvalue weighted by atomic mass is 9.52. The Morgan fingerprint density at radius 2 is 0.371 bits per heavy atom. The zero-order valence-corrected chi connectivity index (χ0v) is 72.9. The van der Waals surface area contributed by atoms with Gasteiger partial charge in [0.2, 0.25) is 0 Å². The molecule has 12 aliphatic rings. The van der Waals surface area contributed by atoms with Gasteiger partial charge in [-0.1, -0.05) is 437 Å². The van der Waals surface area contributed by atoms with Crippen LogP contribution in [0.4, 0.5) is 0 Å². The van der Waals surface area contributed by atoms with E-state index in [0.29, 0.717) is 0 Å². The molecular formula is C129H87N3. The Morgan fingerprint density at radius 3 is 0.667 bits per heavy atom. The Bertz CT molecular complexity index is 7770. The third-order valence-corrected chi connectivity index (χ3v) is 32.0. The molecule has 0 bridgehead atoms. The van der Waals surface area contributed by atoms with Crippen LogP contribution in [-0.4, -0.2) is 17.1 Å². The van der Waals surface area contributed by atoms with Crippen LogP contribution >= 0.6 is 0 Å². The summed E-state index contributed by atoms with van der Waals surface area (Å²) in [5, 5.41) is 0. The maximum atomic E-state index is 4.72. The molecular weight excluding hydrogens is 1590 g/mol. The van der Waals surface area contributed by atoms with Gasteiger partial charge in [-0.05, 0) is 217 Å². The van der Waals surface area contributed by atoms with E-state index < -0.39 is 32.5 Å². The normalized spacial score (nSPS) is 16.6. The highest BCUT2D eigenvalue weighted by Crippen LogP contribution is 2.72. The second-order valence-electron chi connectivity index (χ2n) is 37.7. The van der Waals surface area contributed by atoms with Crippen molar-refractivity contribution in [3.63, 3.8) is 0 Å². The second kappa shape index (κ2) is 28.3. The van der Waals surface area contributed by atoms with Gasteiger partial charge in [0.05, 0.1) is 32.5 Å². The van der Waals surface area contributed by atoms with Crippen LogP contribution in [0.2, 0.25) is 0 Å². The molecule has 618 valence electrons. The molecule has 18 aromatic carbocycles. The van der Waals surface area contributed by atoms with Crippen LogP contribution in [0.25, 0.3) is 66.8 Å². The maximum absolute atomic E-state index is 4.72. The van der Waals surface area contributed by atoms with E-state index in [4.69, 9.17) is 4.99 Å². The van der Waals surface area contributed by atoms with Crippen molar-refractivity contribution >= 4 is 17.1 Å². The smallest absolute Gasteiger partial charge is 0.0720 e. The van der Waals surface area contributed by atoms with Gasteiger partial charge in [0, 0.05) is 74.3 Å². The molecule has 6 spiro atoms. The van der Waals surface area contributed by atoms with Crippen molar-refractivity contribution < 1.29 is 0 Å². The van der Waals surface area contributed by atoms with Crippen LogP contribution in [0.1, 0.15) is 169 Å². The third kappa shape index (κ3) is 9.61. The number of benzene rings is 18. The highest BCUT2D eigenvalue weighted by Gasteiger charge is 2.63. The number of allylic oxidation sites excluding steroid dienone is 3. The Balaban J connectivity index is 0.0000000991. The van der Waals surface area contributed by atoms with E-state index in [2.05, 4.69) is 447 Å². The Hall–Kier alpha value is -15.8. The van der Waals surface area contributed by atoms with Gasteiger partial charge in [0.15, 0.2) is 0 Å². The highest BCUT2D eigenvalue weighted by atomic mass is 14.7. The average molecular weight is 1680 g/mol. The van der Waals surface area contributed by atoms with Crippen molar-refractivity contribution in [2.45, 2.75) is 71.0 Å². The molecule has 0 amide bonds. The van der Waals surface area contributed by atoms with Crippen molar-refractivity contribution in [1.82, 2.24) is 0 Å². The summed E-state index contributed by atoms with van der Waals surface area (Å²) in [6, 6.07) is 159. The van der Waals surface area contributed by atoms with Crippen LogP contribution in [0.15, 0.2) is 470 Å². The fourth-order valence-corrected chi connectivity index (χ4v) is 27.6. The fraction of sp³-hybridized carbons (Fsp3) is 0.0930. The number of aliphatic imine (C=N–C) groups is 3. The van der Waals surface area contributed by atoms with Crippen molar-refractivity contribution in [3.05, 3.63) is 606 Å². The first-order chi connectivity index (χ1) is 65.5. The van der Waals surface area contributed by atoms with Crippen molar-refractivity contribution in [1.29, 1.82) is 0 Å². The van der Waals surface area contributed by atoms with Crippen LogP contribution in [0.5, 0.6) is 0 Å². The third-order valence-electron chi connectivity index (χ3n) is 32.0. The predicted octanol–water partition coefficient (Wildman–Crippen LogP) is 28.9. The summed E-state index contributed by atoms with van der Waals surface area (Å²) in [6.45, 7) is 0. The molecule has 0 radical (unpaired) electrons. The Kier molecular flexibility index (Phi) is 16.1. The first-order valence-corrected chi connectivity index (χ1v) is 47.0. The molecule has 132 heavy (non-hydrogen) atoms. The molecule has 0 N–H and O–H groups in total. The molecule has 18 aromatic rings. The minimum atomic E-state index is -0.428. The Morgan fingerprint density at radius 1 is 0.159 bits per heavy atom. The van der Waals surface area contributed by atoms with E-state index in [-0.39, 0.29) is 0 Å². The Labute approximate surface area is 770 Å².